The number of aliphatic hydroxyl groups is 1. The van der Waals surface area contributed by atoms with Crippen molar-refractivity contribution in [2.75, 3.05) is 6.61 Å². The van der Waals surface area contributed by atoms with Crippen LogP contribution in [0, 0.1) is 23.7 Å². The highest BCUT2D eigenvalue weighted by molar-refractivity contribution is 5.30. The Bertz CT molecular complexity index is 217. The van der Waals surface area contributed by atoms with Crippen LogP contribution in [0.5, 0.6) is 0 Å². The van der Waals surface area contributed by atoms with Gasteiger partial charge in [-0.25, -0.2) is 0 Å². The normalized spacial score (nSPS) is 8.18. The van der Waals surface area contributed by atoms with Gasteiger partial charge in [0.15, 0.2) is 0 Å². The van der Waals surface area contributed by atoms with Crippen molar-refractivity contribution in [2.45, 2.75) is 19.8 Å². The van der Waals surface area contributed by atoms with E-state index in [1.165, 1.54) is 0 Å². The summed E-state index contributed by atoms with van der Waals surface area (Å²) in [4.78, 5) is 0. The molecule has 0 spiro atoms. The lowest BCUT2D eigenvalue weighted by Crippen LogP contribution is -1.77. The van der Waals surface area contributed by atoms with Crippen molar-refractivity contribution in [1.29, 1.82) is 0 Å². The Hall–Kier alpha value is -1.18. The molecule has 0 aromatic rings. The van der Waals surface area contributed by atoms with Gasteiger partial charge in [0.2, 0.25) is 0 Å². The first kappa shape index (κ1) is 9.82. The van der Waals surface area contributed by atoms with E-state index in [4.69, 9.17) is 5.11 Å². The predicted molar refractivity (Wildman–Crippen MR) is 46.7 cm³/mol. The fourth-order valence-electron chi connectivity index (χ4n) is 0.435. The molecule has 0 atom stereocenters. The molecule has 0 aliphatic rings. The van der Waals surface area contributed by atoms with Crippen LogP contribution in [0.15, 0.2) is 12.2 Å². The summed E-state index contributed by atoms with van der Waals surface area (Å²) >= 11 is 0. The summed E-state index contributed by atoms with van der Waals surface area (Å²) < 4.78 is 0. The quantitative estimate of drug-likeness (QED) is 0.463. The van der Waals surface area contributed by atoms with E-state index in [0.29, 0.717) is 0 Å². The standard InChI is InChI=1S/C10H12O/c1-2-3-4-5-6-7-8-9-10-11/h2-3,11H,8-10H2,1H3. The van der Waals surface area contributed by atoms with Gasteiger partial charge >= 0.3 is 0 Å². The minimum atomic E-state index is 0.205. The molecule has 0 aliphatic heterocycles. The van der Waals surface area contributed by atoms with E-state index in [2.05, 4.69) is 23.7 Å². The molecule has 0 radical (unpaired) electrons. The van der Waals surface area contributed by atoms with E-state index in [1.807, 2.05) is 13.0 Å². The average molecular weight is 148 g/mol. The first-order chi connectivity index (χ1) is 5.41. The zero-order valence-electron chi connectivity index (χ0n) is 6.72. The molecule has 1 N–H and O–H groups in total. The van der Waals surface area contributed by atoms with Crippen molar-refractivity contribution in [3.8, 4) is 23.7 Å². The average Bonchev–Trinajstić information content (AvgIpc) is 2.03. The maximum atomic E-state index is 8.39. The van der Waals surface area contributed by atoms with E-state index in [-0.39, 0.29) is 6.61 Å². The Morgan fingerprint density at radius 1 is 1.36 bits per heavy atom. The highest BCUT2D eigenvalue weighted by atomic mass is 16.2. The molecular formula is C10H12O. The minimum absolute atomic E-state index is 0.205. The fourth-order valence-corrected chi connectivity index (χ4v) is 0.435. The van der Waals surface area contributed by atoms with Crippen LogP contribution in [0.4, 0.5) is 0 Å². The van der Waals surface area contributed by atoms with Crippen LogP contribution in [0.1, 0.15) is 19.8 Å². The molecule has 0 saturated heterocycles. The Morgan fingerprint density at radius 2 is 2.18 bits per heavy atom. The van der Waals surface area contributed by atoms with E-state index in [1.54, 1.807) is 6.08 Å². The van der Waals surface area contributed by atoms with Crippen LogP contribution in [0.2, 0.25) is 0 Å². The molecule has 0 bridgehead atoms. The van der Waals surface area contributed by atoms with Gasteiger partial charge in [-0.3, -0.25) is 0 Å². The zero-order chi connectivity index (χ0) is 8.36. The summed E-state index contributed by atoms with van der Waals surface area (Å²) in [6.07, 6.45) is 5.07. The second-order valence-corrected chi connectivity index (χ2v) is 1.90. The summed E-state index contributed by atoms with van der Waals surface area (Å²) in [7, 11) is 0. The molecule has 0 amide bonds. The molecule has 11 heavy (non-hydrogen) atoms. The van der Waals surface area contributed by atoms with E-state index in [9.17, 15) is 0 Å². The molecule has 0 rings (SSSR count). The first-order valence-corrected chi connectivity index (χ1v) is 3.62. The number of rotatable bonds is 2. The highest BCUT2D eigenvalue weighted by Crippen LogP contribution is 1.81. The molecule has 0 aromatic heterocycles. The van der Waals surface area contributed by atoms with Gasteiger partial charge in [0.1, 0.15) is 0 Å². The molecule has 0 aliphatic carbocycles. The van der Waals surface area contributed by atoms with Crippen LogP contribution in [-0.2, 0) is 0 Å². The number of hydrogen-bond acceptors (Lipinski definition) is 1. The van der Waals surface area contributed by atoms with Gasteiger partial charge in [-0.15, -0.1) is 0 Å². The maximum absolute atomic E-state index is 8.39. The summed E-state index contributed by atoms with van der Waals surface area (Å²) in [5.41, 5.74) is 0. The van der Waals surface area contributed by atoms with E-state index in [0.717, 1.165) is 12.8 Å². The molecule has 0 aromatic carbocycles. The lowest BCUT2D eigenvalue weighted by molar-refractivity contribution is 0.290. The monoisotopic (exact) mass is 148 g/mol. The number of unbranched alkanes of at least 4 members (excludes halogenated alkanes) is 1. The summed E-state index contributed by atoms with van der Waals surface area (Å²) in [5, 5.41) is 8.39. The molecular weight excluding hydrogens is 136 g/mol. The second-order valence-electron chi connectivity index (χ2n) is 1.90. The maximum Gasteiger partial charge on any atom is 0.0440 e. The van der Waals surface area contributed by atoms with Gasteiger partial charge in [0.25, 0.3) is 0 Å². The number of allylic oxidation sites excluding steroid dienone is 2. The summed E-state index contributed by atoms with van der Waals surface area (Å²) in [6, 6.07) is 0. The summed E-state index contributed by atoms with van der Waals surface area (Å²) in [5.74, 6) is 10.9. The molecule has 0 saturated carbocycles. The van der Waals surface area contributed by atoms with Crippen LogP contribution in [0.3, 0.4) is 0 Å². The molecule has 0 unspecified atom stereocenters. The van der Waals surface area contributed by atoms with Crippen molar-refractivity contribution < 1.29 is 5.11 Å². The molecule has 1 nitrogen and oxygen atoms in total. The topological polar surface area (TPSA) is 20.2 Å². The Balaban J connectivity index is 3.49. The van der Waals surface area contributed by atoms with Crippen molar-refractivity contribution >= 4 is 0 Å². The van der Waals surface area contributed by atoms with Crippen molar-refractivity contribution in [1.82, 2.24) is 0 Å². The molecule has 1 heteroatoms. The molecule has 0 heterocycles. The zero-order valence-corrected chi connectivity index (χ0v) is 6.72. The fraction of sp³-hybridized carbons (Fsp3) is 0.400. The van der Waals surface area contributed by atoms with Gasteiger partial charge in [0.05, 0.1) is 0 Å². The van der Waals surface area contributed by atoms with Crippen LogP contribution in [0.25, 0.3) is 0 Å². The van der Waals surface area contributed by atoms with E-state index < -0.39 is 0 Å². The SMILES string of the molecule is CC=CC#CC#CCCCO. The third-order valence-electron chi connectivity index (χ3n) is 0.933. The lowest BCUT2D eigenvalue weighted by Gasteiger charge is -1.80. The smallest absolute Gasteiger partial charge is 0.0440 e. The first-order valence-electron chi connectivity index (χ1n) is 3.62. The van der Waals surface area contributed by atoms with Gasteiger partial charge in [0, 0.05) is 13.0 Å². The van der Waals surface area contributed by atoms with Crippen molar-refractivity contribution in [3.63, 3.8) is 0 Å². The van der Waals surface area contributed by atoms with Crippen LogP contribution < -0.4 is 0 Å². The van der Waals surface area contributed by atoms with Gasteiger partial charge < -0.3 is 5.11 Å². The summed E-state index contributed by atoms with van der Waals surface area (Å²) in [6.45, 7) is 2.12. The van der Waals surface area contributed by atoms with Crippen LogP contribution in [-0.4, -0.2) is 11.7 Å². The predicted octanol–water partition coefficient (Wildman–Crippen LogP) is 1.34. The van der Waals surface area contributed by atoms with Gasteiger partial charge in [-0.05, 0) is 31.3 Å². The van der Waals surface area contributed by atoms with Crippen molar-refractivity contribution in [2.24, 2.45) is 0 Å². The number of aliphatic hydroxyl groups excluding tert-OH is 1. The Labute approximate surface area is 68.1 Å². The largest absolute Gasteiger partial charge is 0.396 e. The second kappa shape index (κ2) is 8.82. The van der Waals surface area contributed by atoms with Gasteiger partial charge in [-0.1, -0.05) is 17.9 Å². The Morgan fingerprint density at radius 3 is 2.82 bits per heavy atom. The third-order valence-corrected chi connectivity index (χ3v) is 0.933. The van der Waals surface area contributed by atoms with Crippen molar-refractivity contribution in [3.05, 3.63) is 12.2 Å². The minimum Gasteiger partial charge on any atom is -0.396 e. The highest BCUT2D eigenvalue weighted by Gasteiger charge is 1.74. The lowest BCUT2D eigenvalue weighted by atomic mass is 10.3. The number of hydrogen-bond donors (Lipinski definition) is 1. The Kier molecular flexibility index (Phi) is 7.87. The third kappa shape index (κ3) is 8.82. The van der Waals surface area contributed by atoms with Crippen LogP contribution >= 0.6 is 0 Å². The van der Waals surface area contributed by atoms with E-state index >= 15 is 0 Å². The molecule has 58 valence electrons. The van der Waals surface area contributed by atoms with Gasteiger partial charge in [-0.2, -0.15) is 0 Å². The molecule has 0 fully saturated rings.